The van der Waals surface area contributed by atoms with E-state index in [4.69, 9.17) is 0 Å². The molecule has 0 N–H and O–H groups in total. The Morgan fingerprint density at radius 2 is 1.93 bits per heavy atom. The van der Waals surface area contributed by atoms with E-state index in [1.807, 2.05) is 11.9 Å². The molecule has 1 aliphatic carbocycles. The number of nitrogens with zero attached hydrogens (tertiary/aromatic N) is 2. The van der Waals surface area contributed by atoms with E-state index in [9.17, 15) is 4.79 Å². The molecule has 0 aromatic heterocycles. The topological polar surface area (TPSA) is 23.6 Å². The van der Waals surface area contributed by atoms with Crippen LogP contribution in [0.15, 0.2) is 0 Å². The van der Waals surface area contributed by atoms with E-state index in [-0.39, 0.29) is 11.4 Å². The van der Waals surface area contributed by atoms with Gasteiger partial charge >= 0.3 is 0 Å². The van der Waals surface area contributed by atoms with Crippen molar-refractivity contribution in [3.8, 4) is 0 Å². The fourth-order valence-electron chi connectivity index (χ4n) is 2.13. The Bertz CT molecular complexity index is 227. The first-order chi connectivity index (χ1) is 7.02. The molecule has 1 amide bonds. The van der Waals surface area contributed by atoms with Gasteiger partial charge in [0.15, 0.2) is 0 Å². The number of amides is 1. The number of rotatable bonds is 5. The van der Waals surface area contributed by atoms with Crippen LogP contribution in [0.4, 0.5) is 0 Å². The highest BCUT2D eigenvalue weighted by Gasteiger charge is 2.40. The molecule has 88 valence electrons. The van der Waals surface area contributed by atoms with Gasteiger partial charge in [-0.15, -0.1) is 0 Å². The van der Waals surface area contributed by atoms with Crippen LogP contribution in [-0.2, 0) is 4.79 Å². The zero-order valence-electron chi connectivity index (χ0n) is 9.92. The fourth-order valence-corrected chi connectivity index (χ4v) is 2.47. The molecule has 1 aliphatic rings. The predicted molar refractivity (Wildman–Crippen MR) is 66.3 cm³/mol. The van der Waals surface area contributed by atoms with E-state index in [0.717, 1.165) is 11.9 Å². The number of hydrogen-bond acceptors (Lipinski definition) is 2. The third-order valence-corrected chi connectivity index (χ3v) is 3.90. The number of hydrogen-bond donors (Lipinski definition) is 0. The Hall–Kier alpha value is -0.0900. The van der Waals surface area contributed by atoms with E-state index in [0.29, 0.717) is 6.42 Å². The summed E-state index contributed by atoms with van der Waals surface area (Å²) in [4.78, 5) is 15.8. The molecule has 0 aromatic carbocycles. The molecular weight excluding hydrogens is 256 g/mol. The maximum atomic E-state index is 11.7. The second kappa shape index (κ2) is 5.30. The summed E-state index contributed by atoms with van der Waals surface area (Å²) in [5, 5.41) is 0.755. The zero-order chi connectivity index (χ0) is 11.5. The second-order valence-corrected chi connectivity index (χ2v) is 5.45. The van der Waals surface area contributed by atoms with Gasteiger partial charge in [-0.05, 0) is 33.4 Å². The molecule has 1 fully saturated rings. The smallest absolute Gasteiger partial charge is 0.223 e. The highest BCUT2D eigenvalue weighted by molar-refractivity contribution is 9.09. The van der Waals surface area contributed by atoms with E-state index in [1.165, 1.54) is 19.3 Å². The van der Waals surface area contributed by atoms with E-state index < -0.39 is 0 Å². The summed E-state index contributed by atoms with van der Waals surface area (Å²) in [6.45, 7) is 0.867. The lowest BCUT2D eigenvalue weighted by atomic mass is 9.75. The van der Waals surface area contributed by atoms with Crippen molar-refractivity contribution in [2.75, 3.05) is 33.0 Å². The summed E-state index contributed by atoms with van der Waals surface area (Å²) < 4.78 is 0. The summed E-state index contributed by atoms with van der Waals surface area (Å²) >= 11 is 3.30. The van der Waals surface area contributed by atoms with Crippen LogP contribution in [0.1, 0.15) is 25.7 Å². The van der Waals surface area contributed by atoms with Crippen molar-refractivity contribution in [2.45, 2.75) is 31.2 Å². The summed E-state index contributed by atoms with van der Waals surface area (Å²) in [5.74, 6) is 0.236. The second-order valence-electron chi connectivity index (χ2n) is 4.66. The molecule has 15 heavy (non-hydrogen) atoms. The first-order valence-corrected chi connectivity index (χ1v) is 6.61. The molecule has 0 atom stereocenters. The summed E-state index contributed by atoms with van der Waals surface area (Å²) in [6.07, 6.45) is 4.32. The largest absolute Gasteiger partial charge is 0.344 e. The quantitative estimate of drug-likeness (QED) is 0.714. The average Bonchev–Trinajstić information content (AvgIpc) is 2.10. The SMILES string of the molecule is CN(CC1(N(C)C)CCC1)C(=O)CCBr. The minimum Gasteiger partial charge on any atom is -0.344 e. The Labute approximate surface area is 101 Å². The Morgan fingerprint density at radius 1 is 1.33 bits per heavy atom. The van der Waals surface area contributed by atoms with Crippen molar-refractivity contribution in [1.82, 2.24) is 9.80 Å². The van der Waals surface area contributed by atoms with E-state index in [2.05, 4.69) is 34.9 Å². The number of halogens is 1. The van der Waals surface area contributed by atoms with Crippen LogP contribution in [0.5, 0.6) is 0 Å². The first-order valence-electron chi connectivity index (χ1n) is 5.49. The van der Waals surface area contributed by atoms with Gasteiger partial charge in [-0.25, -0.2) is 0 Å². The van der Waals surface area contributed by atoms with Crippen LogP contribution in [0.25, 0.3) is 0 Å². The van der Waals surface area contributed by atoms with Gasteiger partial charge < -0.3 is 9.80 Å². The van der Waals surface area contributed by atoms with Crippen molar-refractivity contribution in [3.63, 3.8) is 0 Å². The molecule has 0 unspecified atom stereocenters. The molecule has 1 rings (SSSR count). The van der Waals surface area contributed by atoms with Crippen molar-refractivity contribution < 1.29 is 4.79 Å². The van der Waals surface area contributed by atoms with Crippen LogP contribution in [0, 0.1) is 0 Å². The predicted octanol–water partition coefficient (Wildman–Crippen LogP) is 1.71. The maximum absolute atomic E-state index is 11.7. The van der Waals surface area contributed by atoms with Gasteiger partial charge in [0.2, 0.25) is 5.91 Å². The number of carbonyl (C=O) groups is 1. The minimum absolute atomic E-state index is 0.236. The lowest BCUT2D eigenvalue weighted by molar-refractivity contribution is -0.132. The van der Waals surface area contributed by atoms with Gasteiger partial charge in [-0.2, -0.15) is 0 Å². The van der Waals surface area contributed by atoms with Crippen molar-refractivity contribution in [2.24, 2.45) is 0 Å². The molecule has 1 saturated carbocycles. The standard InChI is InChI=1S/C11H21BrN2O/c1-13(2)11(6-4-7-11)9-14(3)10(15)5-8-12/h4-9H2,1-3H3. The maximum Gasteiger partial charge on any atom is 0.223 e. The molecule has 0 aromatic rings. The molecular formula is C11H21BrN2O. The number of alkyl halides is 1. The van der Waals surface area contributed by atoms with Gasteiger partial charge in [0.1, 0.15) is 0 Å². The molecule has 4 heteroatoms. The third-order valence-electron chi connectivity index (χ3n) is 3.50. The molecule has 0 radical (unpaired) electrons. The summed E-state index contributed by atoms with van der Waals surface area (Å²) in [6, 6.07) is 0. The Kier molecular flexibility index (Phi) is 4.59. The molecule has 0 heterocycles. The molecule has 0 aliphatic heterocycles. The van der Waals surface area contributed by atoms with E-state index >= 15 is 0 Å². The van der Waals surface area contributed by atoms with Gasteiger partial charge in [0.05, 0.1) is 0 Å². The van der Waals surface area contributed by atoms with Gasteiger partial charge in [0.25, 0.3) is 0 Å². The first kappa shape index (κ1) is 13.0. The normalized spacial score (nSPS) is 18.7. The van der Waals surface area contributed by atoms with Crippen LogP contribution < -0.4 is 0 Å². The van der Waals surface area contributed by atoms with Crippen molar-refractivity contribution >= 4 is 21.8 Å². The minimum atomic E-state index is 0.236. The van der Waals surface area contributed by atoms with E-state index in [1.54, 1.807) is 0 Å². The third kappa shape index (κ3) is 2.94. The van der Waals surface area contributed by atoms with Crippen LogP contribution >= 0.6 is 15.9 Å². The van der Waals surface area contributed by atoms with Crippen LogP contribution in [-0.4, -0.2) is 54.3 Å². The molecule has 0 spiro atoms. The van der Waals surface area contributed by atoms with Gasteiger partial charge in [0, 0.05) is 30.9 Å². The highest BCUT2D eigenvalue weighted by atomic mass is 79.9. The summed E-state index contributed by atoms with van der Waals surface area (Å²) in [7, 11) is 6.14. The lowest BCUT2D eigenvalue weighted by Gasteiger charge is -2.49. The van der Waals surface area contributed by atoms with Gasteiger partial charge in [-0.1, -0.05) is 15.9 Å². The van der Waals surface area contributed by atoms with Gasteiger partial charge in [-0.3, -0.25) is 4.79 Å². The average molecular weight is 277 g/mol. The highest BCUT2D eigenvalue weighted by Crippen LogP contribution is 2.36. The van der Waals surface area contributed by atoms with Crippen LogP contribution in [0.3, 0.4) is 0 Å². The lowest BCUT2D eigenvalue weighted by Crippen LogP contribution is -2.57. The Balaban J connectivity index is 2.48. The van der Waals surface area contributed by atoms with Crippen molar-refractivity contribution in [3.05, 3.63) is 0 Å². The zero-order valence-corrected chi connectivity index (χ0v) is 11.5. The number of likely N-dealkylation sites (N-methyl/N-ethyl adjacent to an activating group) is 2. The van der Waals surface area contributed by atoms with Crippen LogP contribution in [0.2, 0.25) is 0 Å². The molecule has 0 bridgehead atoms. The number of carbonyl (C=O) groups excluding carboxylic acids is 1. The monoisotopic (exact) mass is 276 g/mol. The molecule has 0 saturated heterocycles. The Morgan fingerprint density at radius 3 is 2.27 bits per heavy atom. The van der Waals surface area contributed by atoms with Crippen molar-refractivity contribution in [1.29, 1.82) is 0 Å². The molecule has 3 nitrogen and oxygen atoms in total. The fraction of sp³-hybridized carbons (Fsp3) is 0.909. The summed E-state index contributed by atoms with van der Waals surface area (Å²) in [5.41, 5.74) is 0.247.